The summed E-state index contributed by atoms with van der Waals surface area (Å²) in [4.78, 5) is 38.7. The molecule has 0 atom stereocenters. The van der Waals surface area contributed by atoms with Gasteiger partial charge in [-0.05, 0) is 54.5 Å². The van der Waals surface area contributed by atoms with Gasteiger partial charge in [0.1, 0.15) is 5.00 Å². The lowest BCUT2D eigenvalue weighted by Crippen LogP contribution is -2.27. The van der Waals surface area contributed by atoms with Crippen molar-refractivity contribution in [2.24, 2.45) is 0 Å². The van der Waals surface area contributed by atoms with Gasteiger partial charge in [-0.25, -0.2) is 0 Å². The van der Waals surface area contributed by atoms with E-state index in [-0.39, 0.29) is 23.8 Å². The summed E-state index contributed by atoms with van der Waals surface area (Å²) in [5, 5.41) is 8.16. The second-order valence-corrected chi connectivity index (χ2v) is 7.77. The van der Waals surface area contributed by atoms with Gasteiger partial charge in [0.25, 0.3) is 11.8 Å². The lowest BCUT2D eigenvalue weighted by Gasteiger charge is -2.16. The number of hydrogen-bond acceptors (Lipinski definition) is 4. The van der Waals surface area contributed by atoms with Gasteiger partial charge in [0.05, 0.1) is 5.56 Å². The van der Waals surface area contributed by atoms with Crippen LogP contribution in [0.15, 0.2) is 29.6 Å². The Bertz CT molecular complexity index is 917. The van der Waals surface area contributed by atoms with Crippen LogP contribution in [0.2, 0.25) is 0 Å². The Morgan fingerprint density at radius 2 is 2.00 bits per heavy atom. The standard InChI is InChI=1S/C20H21N3O3S/c1-2-17(24)23-9-7-12-11-13(3-6-16(12)23)18(25)22-20-15(8-10-27-20)19(26)21-14-4-5-14/h3,6,8,10-11,14H,2,4-5,7,9H2,1H3,(H,21,26)(H,22,25). The first kappa shape index (κ1) is 17.7. The summed E-state index contributed by atoms with van der Waals surface area (Å²) in [5.74, 6) is -0.298. The van der Waals surface area contributed by atoms with E-state index < -0.39 is 0 Å². The fraction of sp³-hybridized carbons (Fsp3) is 0.350. The maximum atomic E-state index is 12.7. The van der Waals surface area contributed by atoms with Gasteiger partial charge < -0.3 is 15.5 Å². The molecule has 4 rings (SSSR count). The maximum Gasteiger partial charge on any atom is 0.256 e. The van der Waals surface area contributed by atoms with Crippen LogP contribution in [-0.2, 0) is 11.2 Å². The molecular weight excluding hydrogens is 362 g/mol. The number of carbonyl (C=O) groups is 3. The Hall–Kier alpha value is -2.67. The van der Waals surface area contributed by atoms with Crippen molar-refractivity contribution in [1.29, 1.82) is 0 Å². The van der Waals surface area contributed by atoms with Crippen molar-refractivity contribution < 1.29 is 14.4 Å². The minimum Gasteiger partial charge on any atom is -0.349 e. The highest BCUT2D eigenvalue weighted by atomic mass is 32.1. The largest absolute Gasteiger partial charge is 0.349 e. The topological polar surface area (TPSA) is 78.5 Å². The summed E-state index contributed by atoms with van der Waals surface area (Å²) in [7, 11) is 0. The van der Waals surface area contributed by atoms with Gasteiger partial charge in [0.2, 0.25) is 5.91 Å². The molecule has 1 aromatic heterocycles. The van der Waals surface area contributed by atoms with E-state index in [0.717, 1.165) is 30.5 Å². The molecule has 1 fully saturated rings. The third-order valence-corrected chi connectivity index (χ3v) is 5.72. The number of benzene rings is 1. The summed E-state index contributed by atoms with van der Waals surface area (Å²) in [6.07, 6.45) is 3.25. The molecule has 1 saturated carbocycles. The quantitative estimate of drug-likeness (QED) is 0.832. The van der Waals surface area contributed by atoms with Crippen molar-refractivity contribution in [3.05, 3.63) is 46.3 Å². The van der Waals surface area contributed by atoms with Crippen molar-refractivity contribution in [2.45, 2.75) is 38.6 Å². The number of fused-ring (bicyclic) bond motifs is 1. The number of anilines is 2. The summed E-state index contributed by atoms with van der Waals surface area (Å²) in [5.41, 5.74) is 2.92. The number of hydrogen-bond donors (Lipinski definition) is 2. The molecule has 1 aromatic carbocycles. The van der Waals surface area contributed by atoms with Crippen LogP contribution in [0.1, 0.15) is 52.5 Å². The third kappa shape index (κ3) is 3.60. The van der Waals surface area contributed by atoms with E-state index in [1.165, 1.54) is 11.3 Å². The lowest BCUT2D eigenvalue weighted by molar-refractivity contribution is -0.118. The summed E-state index contributed by atoms with van der Waals surface area (Å²) < 4.78 is 0. The third-order valence-electron chi connectivity index (χ3n) is 4.89. The normalized spacial score (nSPS) is 15.4. The summed E-state index contributed by atoms with van der Waals surface area (Å²) in [6.45, 7) is 2.50. The maximum absolute atomic E-state index is 12.7. The molecule has 1 aliphatic carbocycles. The SMILES string of the molecule is CCC(=O)N1CCc2cc(C(=O)Nc3sccc3C(=O)NC3CC3)ccc21. The van der Waals surface area contributed by atoms with Gasteiger partial charge in [0, 0.05) is 30.3 Å². The highest BCUT2D eigenvalue weighted by molar-refractivity contribution is 7.14. The van der Waals surface area contributed by atoms with E-state index in [4.69, 9.17) is 0 Å². The van der Waals surface area contributed by atoms with Crippen LogP contribution in [-0.4, -0.2) is 30.3 Å². The average molecular weight is 383 g/mol. The Morgan fingerprint density at radius 3 is 2.74 bits per heavy atom. The molecule has 0 saturated heterocycles. The smallest absolute Gasteiger partial charge is 0.256 e. The van der Waals surface area contributed by atoms with Crippen LogP contribution in [0.4, 0.5) is 10.7 Å². The number of rotatable bonds is 5. The first-order chi connectivity index (χ1) is 13.1. The molecule has 0 unspecified atom stereocenters. The average Bonchev–Trinajstić information content (AvgIpc) is 3.19. The Labute approximate surface area is 161 Å². The second kappa shape index (κ2) is 7.15. The number of nitrogens with zero attached hydrogens (tertiary/aromatic N) is 1. The molecule has 2 aliphatic rings. The van der Waals surface area contributed by atoms with Gasteiger partial charge in [-0.15, -0.1) is 11.3 Å². The highest BCUT2D eigenvalue weighted by Gasteiger charge is 2.27. The van der Waals surface area contributed by atoms with Gasteiger partial charge in [0.15, 0.2) is 0 Å². The van der Waals surface area contributed by atoms with Crippen molar-refractivity contribution >= 4 is 39.7 Å². The molecule has 3 amide bonds. The minimum atomic E-state index is -0.249. The molecule has 1 aliphatic heterocycles. The molecule has 140 valence electrons. The molecule has 0 spiro atoms. The molecule has 2 heterocycles. The van der Waals surface area contributed by atoms with Crippen LogP contribution in [0, 0.1) is 0 Å². The van der Waals surface area contributed by atoms with E-state index >= 15 is 0 Å². The highest BCUT2D eigenvalue weighted by Crippen LogP contribution is 2.30. The first-order valence-corrected chi connectivity index (χ1v) is 10.1. The molecule has 7 heteroatoms. The van der Waals surface area contributed by atoms with Crippen LogP contribution in [0.5, 0.6) is 0 Å². The number of nitrogens with one attached hydrogen (secondary N) is 2. The molecular formula is C20H21N3O3S. The van der Waals surface area contributed by atoms with E-state index in [1.807, 2.05) is 19.1 Å². The summed E-state index contributed by atoms with van der Waals surface area (Å²) in [6, 6.07) is 7.40. The monoisotopic (exact) mass is 383 g/mol. The lowest BCUT2D eigenvalue weighted by atomic mass is 10.1. The molecule has 0 bridgehead atoms. The van der Waals surface area contributed by atoms with E-state index in [9.17, 15) is 14.4 Å². The van der Waals surface area contributed by atoms with Crippen molar-refractivity contribution in [3.63, 3.8) is 0 Å². The molecule has 27 heavy (non-hydrogen) atoms. The van der Waals surface area contributed by atoms with Crippen LogP contribution in [0.3, 0.4) is 0 Å². The van der Waals surface area contributed by atoms with Crippen LogP contribution in [0.25, 0.3) is 0 Å². The number of amides is 3. The zero-order valence-corrected chi connectivity index (χ0v) is 15.9. The molecule has 2 aromatic rings. The number of thiophene rings is 1. The van der Waals surface area contributed by atoms with Crippen molar-refractivity contribution in [2.75, 3.05) is 16.8 Å². The Kier molecular flexibility index (Phi) is 4.70. The number of carbonyl (C=O) groups excluding carboxylic acids is 3. The van der Waals surface area contributed by atoms with Gasteiger partial charge >= 0.3 is 0 Å². The first-order valence-electron chi connectivity index (χ1n) is 9.20. The Balaban J connectivity index is 1.49. The van der Waals surface area contributed by atoms with Crippen LogP contribution >= 0.6 is 11.3 Å². The zero-order valence-electron chi connectivity index (χ0n) is 15.1. The van der Waals surface area contributed by atoms with Crippen molar-refractivity contribution in [1.82, 2.24) is 5.32 Å². The van der Waals surface area contributed by atoms with E-state index in [2.05, 4.69) is 10.6 Å². The fourth-order valence-corrected chi connectivity index (χ4v) is 4.02. The predicted octanol–water partition coefficient (Wildman–Crippen LogP) is 3.19. The van der Waals surface area contributed by atoms with Gasteiger partial charge in [-0.1, -0.05) is 6.92 Å². The zero-order chi connectivity index (χ0) is 19.0. The minimum absolute atomic E-state index is 0.0934. The predicted molar refractivity (Wildman–Crippen MR) is 106 cm³/mol. The van der Waals surface area contributed by atoms with Gasteiger partial charge in [-0.2, -0.15) is 0 Å². The van der Waals surface area contributed by atoms with Crippen LogP contribution < -0.4 is 15.5 Å². The fourth-order valence-electron chi connectivity index (χ4n) is 3.24. The summed E-state index contributed by atoms with van der Waals surface area (Å²) >= 11 is 1.34. The van der Waals surface area contributed by atoms with E-state index in [0.29, 0.717) is 29.1 Å². The second-order valence-electron chi connectivity index (χ2n) is 6.86. The van der Waals surface area contributed by atoms with E-state index in [1.54, 1.807) is 22.4 Å². The van der Waals surface area contributed by atoms with Gasteiger partial charge in [-0.3, -0.25) is 14.4 Å². The molecule has 6 nitrogen and oxygen atoms in total. The molecule has 2 N–H and O–H groups in total. The Morgan fingerprint density at radius 1 is 1.19 bits per heavy atom. The molecule has 0 radical (unpaired) electrons. The van der Waals surface area contributed by atoms with Crippen molar-refractivity contribution in [3.8, 4) is 0 Å².